The number of hydrogen-bond donors (Lipinski definition) is 1. The van der Waals surface area contributed by atoms with E-state index in [9.17, 15) is 9.59 Å². The van der Waals surface area contributed by atoms with Crippen LogP contribution in [0.2, 0.25) is 10.0 Å². The second kappa shape index (κ2) is 6.61. The number of nitrogens with one attached hydrogen (secondary N) is 1. The van der Waals surface area contributed by atoms with Crippen LogP contribution in [0.3, 0.4) is 0 Å². The summed E-state index contributed by atoms with van der Waals surface area (Å²) < 4.78 is 4.67. The molecule has 2 rings (SSSR count). The highest BCUT2D eigenvalue weighted by Gasteiger charge is 2.16. The Hall–Kier alpha value is -2.04. The van der Waals surface area contributed by atoms with Gasteiger partial charge in [-0.05, 0) is 30.3 Å². The number of rotatable bonds is 3. The van der Waals surface area contributed by atoms with E-state index in [0.717, 1.165) is 0 Å². The lowest BCUT2D eigenvalue weighted by atomic mass is 10.1. The Kier molecular flexibility index (Phi) is 4.83. The number of para-hydroxylation sites is 1. The maximum Gasteiger partial charge on any atom is 0.339 e. The smallest absolute Gasteiger partial charge is 0.339 e. The normalized spacial score (nSPS) is 10.0. The van der Waals surface area contributed by atoms with Gasteiger partial charge >= 0.3 is 5.97 Å². The van der Waals surface area contributed by atoms with Crippen molar-refractivity contribution in [2.75, 3.05) is 12.4 Å². The quantitative estimate of drug-likeness (QED) is 0.867. The van der Waals surface area contributed by atoms with E-state index in [0.29, 0.717) is 10.7 Å². The van der Waals surface area contributed by atoms with Crippen LogP contribution in [0.4, 0.5) is 5.69 Å². The minimum Gasteiger partial charge on any atom is -0.465 e. The molecule has 6 heteroatoms. The van der Waals surface area contributed by atoms with E-state index >= 15 is 0 Å². The van der Waals surface area contributed by atoms with Crippen molar-refractivity contribution in [1.29, 1.82) is 0 Å². The molecule has 4 nitrogen and oxygen atoms in total. The first-order valence-corrected chi connectivity index (χ1v) is 6.72. The van der Waals surface area contributed by atoms with Gasteiger partial charge in [-0.15, -0.1) is 0 Å². The number of amides is 1. The lowest BCUT2D eigenvalue weighted by molar-refractivity contribution is 0.0602. The van der Waals surface area contributed by atoms with Gasteiger partial charge in [0.25, 0.3) is 5.91 Å². The summed E-state index contributed by atoms with van der Waals surface area (Å²) in [7, 11) is 1.27. The van der Waals surface area contributed by atoms with Crippen LogP contribution in [0.5, 0.6) is 0 Å². The minimum atomic E-state index is -0.534. The van der Waals surface area contributed by atoms with Gasteiger partial charge in [-0.2, -0.15) is 0 Å². The number of benzene rings is 2. The summed E-state index contributed by atoms with van der Waals surface area (Å²) in [6.07, 6.45) is 0. The maximum atomic E-state index is 12.2. The molecule has 0 atom stereocenters. The molecular weight excluding hydrogens is 313 g/mol. The molecule has 2 aromatic rings. The van der Waals surface area contributed by atoms with Crippen molar-refractivity contribution in [3.8, 4) is 0 Å². The maximum absolute atomic E-state index is 12.2. The van der Waals surface area contributed by atoms with Crippen LogP contribution >= 0.6 is 23.2 Å². The van der Waals surface area contributed by atoms with Gasteiger partial charge in [0, 0.05) is 5.02 Å². The van der Waals surface area contributed by atoms with Crippen LogP contribution in [0.25, 0.3) is 0 Å². The molecule has 0 spiro atoms. The standard InChI is InChI=1S/C15H11Cl2NO3/c1-21-15(20)11-4-2-3-5-13(11)18-14(19)10-7-6-9(16)8-12(10)17/h2-8H,1H3,(H,18,19). The summed E-state index contributed by atoms with van der Waals surface area (Å²) in [6.45, 7) is 0. The molecule has 0 aliphatic rings. The summed E-state index contributed by atoms with van der Waals surface area (Å²) in [5.74, 6) is -0.971. The van der Waals surface area contributed by atoms with Crippen LogP contribution in [0.1, 0.15) is 20.7 Å². The fourth-order valence-electron chi connectivity index (χ4n) is 1.74. The van der Waals surface area contributed by atoms with Crippen molar-refractivity contribution in [2.24, 2.45) is 0 Å². The number of carbonyl (C=O) groups is 2. The third kappa shape index (κ3) is 3.54. The zero-order valence-electron chi connectivity index (χ0n) is 11.0. The Morgan fingerprint density at radius 2 is 1.76 bits per heavy atom. The van der Waals surface area contributed by atoms with E-state index in [1.54, 1.807) is 30.3 Å². The highest BCUT2D eigenvalue weighted by molar-refractivity contribution is 6.37. The Morgan fingerprint density at radius 3 is 2.43 bits per heavy atom. The van der Waals surface area contributed by atoms with E-state index in [1.807, 2.05) is 0 Å². The summed E-state index contributed by atoms with van der Waals surface area (Å²) in [4.78, 5) is 23.9. The first kappa shape index (κ1) is 15.4. The Bertz CT molecular complexity index is 701. The fraction of sp³-hybridized carbons (Fsp3) is 0.0667. The van der Waals surface area contributed by atoms with Crippen molar-refractivity contribution in [1.82, 2.24) is 0 Å². The van der Waals surface area contributed by atoms with E-state index in [1.165, 1.54) is 19.2 Å². The van der Waals surface area contributed by atoms with Gasteiger partial charge in [0.2, 0.25) is 0 Å². The zero-order valence-corrected chi connectivity index (χ0v) is 12.5. The van der Waals surface area contributed by atoms with Crippen molar-refractivity contribution in [3.63, 3.8) is 0 Å². The third-order valence-electron chi connectivity index (χ3n) is 2.76. The first-order chi connectivity index (χ1) is 10.0. The lowest BCUT2D eigenvalue weighted by Gasteiger charge is -2.10. The van der Waals surface area contributed by atoms with Crippen molar-refractivity contribution in [3.05, 3.63) is 63.6 Å². The molecule has 21 heavy (non-hydrogen) atoms. The molecule has 0 aliphatic heterocycles. The van der Waals surface area contributed by atoms with Gasteiger partial charge in [-0.25, -0.2) is 4.79 Å². The van der Waals surface area contributed by atoms with Crippen LogP contribution < -0.4 is 5.32 Å². The van der Waals surface area contributed by atoms with Gasteiger partial charge in [-0.3, -0.25) is 4.79 Å². The summed E-state index contributed by atoms with van der Waals surface area (Å²) in [5.41, 5.74) is 0.875. The molecule has 0 heterocycles. The molecule has 108 valence electrons. The molecule has 0 fully saturated rings. The Labute approximate surface area is 131 Å². The lowest BCUT2D eigenvalue weighted by Crippen LogP contribution is -2.15. The number of ether oxygens (including phenoxy) is 1. The number of hydrogen-bond acceptors (Lipinski definition) is 3. The van der Waals surface area contributed by atoms with Crippen LogP contribution in [0.15, 0.2) is 42.5 Å². The summed E-state index contributed by atoms with van der Waals surface area (Å²) in [6, 6.07) is 11.1. The number of esters is 1. The fourth-order valence-corrected chi connectivity index (χ4v) is 2.24. The van der Waals surface area contributed by atoms with Crippen molar-refractivity contribution in [2.45, 2.75) is 0 Å². The molecule has 0 radical (unpaired) electrons. The molecule has 0 aliphatic carbocycles. The highest BCUT2D eigenvalue weighted by Crippen LogP contribution is 2.23. The van der Waals surface area contributed by atoms with Gasteiger partial charge in [0.05, 0.1) is 28.9 Å². The number of methoxy groups -OCH3 is 1. The van der Waals surface area contributed by atoms with E-state index in [2.05, 4.69) is 10.1 Å². The topological polar surface area (TPSA) is 55.4 Å². The van der Waals surface area contributed by atoms with Crippen molar-refractivity contribution < 1.29 is 14.3 Å². The SMILES string of the molecule is COC(=O)c1ccccc1NC(=O)c1ccc(Cl)cc1Cl. The largest absolute Gasteiger partial charge is 0.465 e. The van der Waals surface area contributed by atoms with E-state index < -0.39 is 11.9 Å². The monoisotopic (exact) mass is 323 g/mol. The number of anilines is 1. The highest BCUT2D eigenvalue weighted by atomic mass is 35.5. The van der Waals surface area contributed by atoms with Crippen LogP contribution in [0, 0.1) is 0 Å². The predicted octanol–water partition coefficient (Wildman–Crippen LogP) is 4.03. The van der Waals surface area contributed by atoms with Crippen molar-refractivity contribution >= 4 is 40.8 Å². The summed E-state index contributed by atoms with van der Waals surface area (Å²) in [5, 5.41) is 3.30. The van der Waals surface area contributed by atoms with Crippen LogP contribution in [-0.4, -0.2) is 19.0 Å². The van der Waals surface area contributed by atoms with Gasteiger partial charge < -0.3 is 10.1 Å². The number of halogens is 2. The average Bonchev–Trinajstić information content (AvgIpc) is 2.46. The number of carbonyl (C=O) groups excluding carboxylic acids is 2. The van der Waals surface area contributed by atoms with E-state index in [-0.39, 0.29) is 16.1 Å². The molecule has 0 saturated carbocycles. The van der Waals surface area contributed by atoms with Gasteiger partial charge in [-0.1, -0.05) is 35.3 Å². The molecule has 0 bridgehead atoms. The Balaban J connectivity index is 2.30. The molecule has 0 unspecified atom stereocenters. The third-order valence-corrected chi connectivity index (χ3v) is 3.30. The molecule has 2 aromatic carbocycles. The second-order valence-electron chi connectivity index (χ2n) is 4.12. The Morgan fingerprint density at radius 1 is 1.05 bits per heavy atom. The molecule has 1 amide bonds. The van der Waals surface area contributed by atoms with Gasteiger partial charge in [0.15, 0.2) is 0 Å². The summed E-state index contributed by atoms with van der Waals surface area (Å²) >= 11 is 11.8. The first-order valence-electron chi connectivity index (χ1n) is 5.96. The second-order valence-corrected chi connectivity index (χ2v) is 4.96. The van der Waals surface area contributed by atoms with Gasteiger partial charge in [0.1, 0.15) is 0 Å². The molecule has 0 aromatic heterocycles. The van der Waals surface area contributed by atoms with Crippen LogP contribution in [-0.2, 0) is 4.74 Å². The zero-order chi connectivity index (χ0) is 15.4. The molecule has 1 N–H and O–H groups in total. The minimum absolute atomic E-state index is 0.232. The van der Waals surface area contributed by atoms with E-state index in [4.69, 9.17) is 23.2 Å². The molecular formula is C15H11Cl2NO3. The molecule has 0 saturated heterocycles. The average molecular weight is 324 g/mol. The predicted molar refractivity (Wildman–Crippen MR) is 82.2 cm³/mol.